The van der Waals surface area contributed by atoms with Crippen molar-refractivity contribution in [1.29, 1.82) is 0 Å². The summed E-state index contributed by atoms with van der Waals surface area (Å²) in [5.74, 6) is 0.826. The zero-order chi connectivity index (χ0) is 38.7. The lowest BCUT2D eigenvalue weighted by molar-refractivity contribution is 0.631. The zero-order valence-electron chi connectivity index (χ0n) is 31.9. The molecule has 0 radical (unpaired) electrons. The average Bonchev–Trinajstić information content (AvgIpc) is 3.75. The molecule has 10 rings (SSSR count). The number of para-hydroxylation sites is 2. The van der Waals surface area contributed by atoms with Crippen molar-refractivity contribution in [3.8, 4) is 67.0 Å². The third kappa shape index (κ3) is 6.78. The minimum atomic E-state index is 0.826. The molecule has 0 bridgehead atoms. The highest BCUT2D eigenvalue weighted by Gasteiger charge is 2.21. The molecule has 2 nitrogen and oxygen atoms in total. The van der Waals surface area contributed by atoms with Gasteiger partial charge in [0.05, 0.1) is 5.69 Å². The van der Waals surface area contributed by atoms with Crippen LogP contribution in [-0.4, -0.2) is 0 Å². The van der Waals surface area contributed by atoms with Gasteiger partial charge in [0.1, 0.15) is 11.3 Å². The summed E-state index contributed by atoms with van der Waals surface area (Å²) >= 11 is 0. The second-order valence-corrected chi connectivity index (χ2v) is 14.5. The monoisotopic (exact) mass is 741 g/mol. The summed E-state index contributed by atoms with van der Waals surface area (Å²) < 4.78 is 6.55. The first-order chi connectivity index (χ1) is 28.8. The Labute approximate surface area is 339 Å². The van der Waals surface area contributed by atoms with Crippen molar-refractivity contribution in [2.24, 2.45) is 0 Å². The number of furan rings is 1. The number of hydrogen-bond donors (Lipinski definition) is 0. The Kier molecular flexibility index (Phi) is 9.27. The van der Waals surface area contributed by atoms with Gasteiger partial charge in [-0.25, -0.2) is 0 Å². The van der Waals surface area contributed by atoms with Crippen LogP contribution in [0.5, 0.6) is 0 Å². The van der Waals surface area contributed by atoms with E-state index in [-0.39, 0.29) is 0 Å². The first-order valence-corrected chi connectivity index (χ1v) is 19.8. The molecule has 0 fully saturated rings. The van der Waals surface area contributed by atoms with E-state index in [1.54, 1.807) is 0 Å². The smallest absolute Gasteiger partial charge is 0.137 e. The lowest BCUT2D eigenvalue weighted by Gasteiger charge is -2.28. The number of fused-ring (bicyclic) bond motifs is 1. The summed E-state index contributed by atoms with van der Waals surface area (Å²) in [6, 6.07) is 84.2. The number of rotatable bonds is 9. The molecule has 0 unspecified atom stereocenters. The maximum absolute atomic E-state index is 6.55. The third-order valence-electron chi connectivity index (χ3n) is 10.9. The van der Waals surface area contributed by atoms with Crippen molar-refractivity contribution >= 4 is 28.0 Å². The van der Waals surface area contributed by atoms with Crippen molar-refractivity contribution in [3.05, 3.63) is 237 Å². The summed E-state index contributed by atoms with van der Waals surface area (Å²) in [7, 11) is 0. The minimum Gasteiger partial charge on any atom is -0.456 e. The summed E-state index contributed by atoms with van der Waals surface area (Å²) in [5.41, 5.74) is 16.8. The average molecular weight is 742 g/mol. The molecule has 9 aromatic carbocycles. The van der Waals surface area contributed by atoms with Gasteiger partial charge in [0.2, 0.25) is 0 Å². The maximum Gasteiger partial charge on any atom is 0.137 e. The molecule has 0 saturated carbocycles. The van der Waals surface area contributed by atoms with Crippen LogP contribution >= 0.6 is 0 Å². The van der Waals surface area contributed by atoms with Crippen LogP contribution in [0.3, 0.4) is 0 Å². The van der Waals surface area contributed by atoms with E-state index < -0.39 is 0 Å². The molecule has 2 heteroatoms. The Morgan fingerprint density at radius 2 is 0.724 bits per heavy atom. The highest BCUT2D eigenvalue weighted by Crippen LogP contribution is 2.45. The number of anilines is 3. The van der Waals surface area contributed by atoms with Crippen molar-refractivity contribution < 1.29 is 4.42 Å². The molecule has 0 N–H and O–H groups in total. The van der Waals surface area contributed by atoms with E-state index in [1.807, 2.05) is 12.1 Å². The van der Waals surface area contributed by atoms with Crippen LogP contribution in [0.4, 0.5) is 17.1 Å². The Hall–Kier alpha value is -7.68. The molecule has 274 valence electrons. The van der Waals surface area contributed by atoms with Crippen LogP contribution in [0.15, 0.2) is 241 Å². The molecule has 0 aliphatic rings. The predicted octanol–water partition coefficient (Wildman–Crippen LogP) is 15.9. The van der Waals surface area contributed by atoms with E-state index in [0.29, 0.717) is 0 Å². The SMILES string of the molecule is c1ccc(-c2cc(-c3ccccc3)cc(N(c3ccc(-c4ccccc4-c4ccccc4-c4ccccc4)cc3)c3ccccc3-c3cc4ccccc4o3)c2)cc1. The zero-order valence-corrected chi connectivity index (χ0v) is 31.9. The Morgan fingerprint density at radius 1 is 0.276 bits per heavy atom. The standard InChI is InChI=1S/C56H39NO/c1-4-18-40(19-5-1)45-36-46(41-20-6-2-7-21-41)38-48(37-45)57(54-30-16-15-29-53(54)56-39-44-24-10-17-31-55(44)58-56)47-34-32-43(33-35-47)50-26-12-14-28-52(50)51-27-13-11-25-49(51)42-22-8-3-9-23-42/h1-39H. The quantitative estimate of drug-likeness (QED) is 0.146. The van der Waals surface area contributed by atoms with E-state index >= 15 is 0 Å². The van der Waals surface area contributed by atoms with Gasteiger partial charge in [0.15, 0.2) is 0 Å². The van der Waals surface area contributed by atoms with Gasteiger partial charge in [-0.1, -0.05) is 182 Å². The van der Waals surface area contributed by atoms with Crippen LogP contribution < -0.4 is 4.90 Å². The van der Waals surface area contributed by atoms with Crippen LogP contribution in [0.1, 0.15) is 0 Å². The maximum atomic E-state index is 6.55. The van der Waals surface area contributed by atoms with Crippen LogP contribution in [0, 0.1) is 0 Å². The molecule has 0 saturated heterocycles. The van der Waals surface area contributed by atoms with E-state index in [4.69, 9.17) is 4.42 Å². The Morgan fingerprint density at radius 3 is 1.29 bits per heavy atom. The van der Waals surface area contributed by atoms with Gasteiger partial charge in [-0.3, -0.25) is 0 Å². The van der Waals surface area contributed by atoms with Gasteiger partial charge >= 0.3 is 0 Å². The largest absolute Gasteiger partial charge is 0.456 e. The first kappa shape index (κ1) is 34.8. The normalized spacial score (nSPS) is 11.1. The molecule has 1 aromatic heterocycles. The lowest BCUT2D eigenvalue weighted by atomic mass is 9.89. The summed E-state index contributed by atoms with van der Waals surface area (Å²) in [6.45, 7) is 0. The van der Waals surface area contributed by atoms with E-state index in [2.05, 4.69) is 229 Å². The molecule has 0 spiro atoms. The molecular weight excluding hydrogens is 703 g/mol. The summed E-state index contributed by atoms with van der Waals surface area (Å²) in [4.78, 5) is 2.38. The van der Waals surface area contributed by atoms with Gasteiger partial charge in [-0.2, -0.15) is 0 Å². The molecule has 0 aliphatic heterocycles. The molecule has 0 atom stereocenters. The molecule has 0 aliphatic carbocycles. The topological polar surface area (TPSA) is 16.4 Å². The van der Waals surface area contributed by atoms with Crippen LogP contribution in [0.25, 0.3) is 77.9 Å². The fourth-order valence-electron chi connectivity index (χ4n) is 8.10. The van der Waals surface area contributed by atoms with Gasteiger partial charge in [-0.05, 0) is 110 Å². The highest BCUT2D eigenvalue weighted by molar-refractivity contribution is 5.95. The first-order valence-electron chi connectivity index (χ1n) is 19.8. The predicted molar refractivity (Wildman–Crippen MR) is 244 cm³/mol. The molecular formula is C56H39NO. The van der Waals surface area contributed by atoms with E-state index in [0.717, 1.165) is 67.2 Å². The molecule has 58 heavy (non-hydrogen) atoms. The van der Waals surface area contributed by atoms with Crippen LogP contribution in [-0.2, 0) is 0 Å². The summed E-state index contributed by atoms with van der Waals surface area (Å²) in [5, 5.41) is 1.08. The van der Waals surface area contributed by atoms with Crippen LogP contribution in [0.2, 0.25) is 0 Å². The van der Waals surface area contributed by atoms with E-state index in [1.165, 1.54) is 27.8 Å². The lowest BCUT2D eigenvalue weighted by Crippen LogP contribution is -2.11. The van der Waals surface area contributed by atoms with Gasteiger partial charge in [-0.15, -0.1) is 0 Å². The van der Waals surface area contributed by atoms with Gasteiger partial charge in [0, 0.05) is 22.3 Å². The molecule has 1 heterocycles. The van der Waals surface area contributed by atoms with E-state index in [9.17, 15) is 0 Å². The van der Waals surface area contributed by atoms with Gasteiger partial charge in [0.25, 0.3) is 0 Å². The highest BCUT2D eigenvalue weighted by atomic mass is 16.3. The Balaban J connectivity index is 1.15. The summed E-state index contributed by atoms with van der Waals surface area (Å²) in [6.07, 6.45) is 0. The third-order valence-corrected chi connectivity index (χ3v) is 10.9. The molecule has 10 aromatic rings. The van der Waals surface area contributed by atoms with Crippen molar-refractivity contribution in [2.75, 3.05) is 4.90 Å². The second-order valence-electron chi connectivity index (χ2n) is 14.5. The number of hydrogen-bond acceptors (Lipinski definition) is 2. The second kappa shape index (κ2) is 15.5. The fourth-order valence-corrected chi connectivity index (χ4v) is 8.10. The minimum absolute atomic E-state index is 0.826. The number of benzene rings is 9. The van der Waals surface area contributed by atoms with Crippen molar-refractivity contribution in [1.82, 2.24) is 0 Å². The van der Waals surface area contributed by atoms with Gasteiger partial charge < -0.3 is 9.32 Å². The number of nitrogens with zero attached hydrogens (tertiary/aromatic N) is 1. The molecule has 0 amide bonds. The van der Waals surface area contributed by atoms with Crippen molar-refractivity contribution in [3.63, 3.8) is 0 Å². The Bertz CT molecular complexity index is 2890. The van der Waals surface area contributed by atoms with Crippen molar-refractivity contribution in [2.45, 2.75) is 0 Å². The fraction of sp³-hybridized carbons (Fsp3) is 0.